The number of carbonyl (C=O) groups is 1. The number of nitro groups is 1. The number of aryl methyl sites for hydroxylation is 1. The number of hydrogen-bond donors (Lipinski definition) is 1. The lowest BCUT2D eigenvalue weighted by Crippen LogP contribution is -2.07. The fourth-order valence-corrected chi connectivity index (χ4v) is 2.44. The number of anilines is 1. The van der Waals surface area contributed by atoms with Gasteiger partial charge >= 0.3 is 5.69 Å². The van der Waals surface area contributed by atoms with Crippen LogP contribution in [0.1, 0.15) is 24.5 Å². The van der Waals surface area contributed by atoms with Crippen molar-refractivity contribution in [3.63, 3.8) is 0 Å². The first-order valence-corrected chi connectivity index (χ1v) is 8.86. The second-order valence-corrected chi connectivity index (χ2v) is 6.47. The second-order valence-electron chi connectivity index (χ2n) is 5.62. The number of hydrogen-bond acceptors (Lipinski definition) is 4. The van der Waals surface area contributed by atoms with Gasteiger partial charge in [-0.15, -0.1) is 0 Å². The number of ether oxygens (including phenoxy) is 1. The third-order valence-corrected chi connectivity index (χ3v) is 4.38. The zero-order valence-corrected chi connectivity index (χ0v) is 16.1. The van der Waals surface area contributed by atoms with Crippen molar-refractivity contribution in [1.82, 2.24) is 0 Å². The molecule has 1 amide bonds. The minimum Gasteiger partial charge on any atom is -0.487 e. The number of halogens is 1. The van der Waals surface area contributed by atoms with Gasteiger partial charge in [0.2, 0.25) is 5.91 Å². The van der Waals surface area contributed by atoms with Crippen LogP contribution >= 0.6 is 15.9 Å². The number of nitro benzene ring substituents is 1. The molecular weight excluding hydrogens is 400 g/mol. The summed E-state index contributed by atoms with van der Waals surface area (Å²) in [5, 5.41) is 13.9. The van der Waals surface area contributed by atoms with E-state index in [2.05, 4.69) is 21.2 Å². The van der Waals surface area contributed by atoms with E-state index < -0.39 is 4.92 Å². The molecule has 0 aromatic heterocycles. The number of nitrogens with zero attached hydrogens (tertiary/aromatic N) is 1. The molecule has 136 valence electrons. The average molecular weight is 419 g/mol. The normalized spacial score (nSPS) is 10.7. The first kappa shape index (κ1) is 19.7. The fourth-order valence-electron chi connectivity index (χ4n) is 2.19. The highest BCUT2D eigenvalue weighted by molar-refractivity contribution is 9.10. The number of amides is 1. The zero-order valence-electron chi connectivity index (χ0n) is 14.5. The maximum Gasteiger partial charge on any atom is 0.311 e. The third kappa shape index (κ3) is 5.42. The summed E-state index contributed by atoms with van der Waals surface area (Å²) in [6, 6.07) is 10.1. The molecule has 0 aliphatic carbocycles. The van der Waals surface area contributed by atoms with E-state index in [1.807, 2.05) is 26.0 Å². The second kappa shape index (κ2) is 9.15. The van der Waals surface area contributed by atoms with Gasteiger partial charge in [0.25, 0.3) is 0 Å². The van der Waals surface area contributed by atoms with Crippen molar-refractivity contribution < 1.29 is 14.5 Å². The van der Waals surface area contributed by atoms with Crippen LogP contribution in [0.3, 0.4) is 0 Å². The quantitative estimate of drug-likeness (QED) is 0.384. The predicted octanol–water partition coefficient (Wildman–Crippen LogP) is 5.11. The fraction of sp³-hybridized carbons (Fsp3) is 0.211. The highest BCUT2D eigenvalue weighted by Gasteiger charge is 2.15. The van der Waals surface area contributed by atoms with Gasteiger partial charge in [0.05, 0.1) is 11.5 Å². The minimum atomic E-state index is -0.493. The van der Waals surface area contributed by atoms with Crippen LogP contribution in [-0.4, -0.2) is 17.4 Å². The number of carbonyl (C=O) groups excluding carboxylic acids is 1. The molecular formula is C19H19BrN2O4. The molecule has 1 N–H and O–H groups in total. The van der Waals surface area contributed by atoms with Crippen LogP contribution in [-0.2, 0) is 4.79 Å². The van der Waals surface area contributed by atoms with E-state index in [9.17, 15) is 14.9 Å². The first-order valence-electron chi connectivity index (χ1n) is 8.07. The molecule has 0 radical (unpaired) electrons. The maximum atomic E-state index is 12.0. The summed E-state index contributed by atoms with van der Waals surface area (Å²) >= 11 is 3.40. The Balaban J connectivity index is 2.11. The van der Waals surface area contributed by atoms with Gasteiger partial charge in [-0.25, -0.2) is 0 Å². The molecule has 0 unspecified atom stereocenters. The molecule has 0 spiro atoms. The van der Waals surface area contributed by atoms with Crippen molar-refractivity contribution in [2.75, 3.05) is 11.9 Å². The molecule has 26 heavy (non-hydrogen) atoms. The summed E-state index contributed by atoms with van der Waals surface area (Å²) in [7, 11) is 0. The van der Waals surface area contributed by atoms with Crippen LogP contribution < -0.4 is 10.1 Å². The van der Waals surface area contributed by atoms with Crippen molar-refractivity contribution in [2.24, 2.45) is 0 Å². The van der Waals surface area contributed by atoms with E-state index in [0.29, 0.717) is 17.9 Å². The summed E-state index contributed by atoms with van der Waals surface area (Å²) in [5.41, 5.74) is 2.10. The largest absolute Gasteiger partial charge is 0.487 e. The van der Waals surface area contributed by atoms with E-state index in [1.54, 1.807) is 18.2 Å². The molecule has 2 aromatic carbocycles. The molecule has 6 nitrogen and oxygen atoms in total. The minimum absolute atomic E-state index is 0.121. The molecule has 0 aliphatic rings. The number of rotatable bonds is 7. The monoisotopic (exact) mass is 418 g/mol. The molecule has 0 saturated carbocycles. The number of benzene rings is 2. The van der Waals surface area contributed by atoms with E-state index in [0.717, 1.165) is 16.5 Å². The van der Waals surface area contributed by atoms with Crippen LogP contribution in [0.4, 0.5) is 11.4 Å². The Morgan fingerprint density at radius 2 is 2.08 bits per heavy atom. The van der Waals surface area contributed by atoms with Gasteiger partial charge < -0.3 is 10.1 Å². The molecule has 0 bridgehead atoms. The van der Waals surface area contributed by atoms with Gasteiger partial charge in [0.15, 0.2) is 5.75 Å². The average Bonchev–Trinajstić information content (AvgIpc) is 2.61. The maximum absolute atomic E-state index is 12.0. The Kier molecular flexibility index (Phi) is 6.91. The van der Waals surface area contributed by atoms with Gasteiger partial charge in [-0.05, 0) is 54.8 Å². The highest BCUT2D eigenvalue weighted by atomic mass is 79.9. The molecule has 7 heteroatoms. The Bertz CT molecular complexity index is 849. The topological polar surface area (TPSA) is 81.5 Å². The standard InChI is InChI=1S/C19H19BrN2O4/c1-3-10-26-18-8-4-14(12-17(18)22(24)25)5-9-19(23)21-15-6-7-16(20)13(2)11-15/h4-9,11-12H,3,10H2,1-2H3,(H,21,23)/b9-5+. The third-order valence-electron chi connectivity index (χ3n) is 3.49. The molecule has 0 atom stereocenters. The zero-order chi connectivity index (χ0) is 19.1. The van der Waals surface area contributed by atoms with E-state index in [1.165, 1.54) is 18.2 Å². The lowest BCUT2D eigenvalue weighted by molar-refractivity contribution is -0.385. The molecule has 0 fully saturated rings. The van der Waals surface area contributed by atoms with E-state index >= 15 is 0 Å². The molecule has 2 aromatic rings. The molecule has 2 rings (SSSR count). The Labute approximate surface area is 160 Å². The summed E-state index contributed by atoms with van der Waals surface area (Å²) in [6.45, 7) is 4.26. The molecule has 0 aliphatic heterocycles. The van der Waals surface area contributed by atoms with Gasteiger partial charge in [-0.2, -0.15) is 0 Å². The van der Waals surface area contributed by atoms with Crippen LogP contribution in [0.5, 0.6) is 5.75 Å². The van der Waals surface area contributed by atoms with Crippen molar-refractivity contribution in [1.29, 1.82) is 0 Å². The lowest BCUT2D eigenvalue weighted by Gasteiger charge is -2.06. The Hall–Kier alpha value is -2.67. The molecule has 0 heterocycles. The predicted molar refractivity (Wildman–Crippen MR) is 105 cm³/mol. The van der Waals surface area contributed by atoms with Crippen molar-refractivity contribution in [3.8, 4) is 5.75 Å². The number of nitrogens with one attached hydrogen (secondary N) is 1. The smallest absolute Gasteiger partial charge is 0.311 e. The van der Waals surface area contributed by atoms with Gasteiger partial charge in [0, 0.05) is 22.3 Å². The first-order chi connectivity index (χ1) is 12.4. The summed E-state index contributed by atoms with van der Waals surface area (Å²) < 4.78 is 6.34. The highest BCUT2D eigenvalue weighted by Crippen LogP contribution is 2.28. The van der Waals surface area contributed by atoms with Crippen LogP contribution in [0.2, 0.25) is 0 Å². The summed E-state index contributed by atoms with van der Waals surface area (Å²) in [6.07, 6.45) is 3.62. The van der Waals surface area contributed by atoms with Crippen LogP contribution in [0, 0.1) is 17.0 Å². The SMILES string of the molecule is CCCOc1ccc(/C=C/C(=O)Nc2ccc(Br)c(C)c2)cc1[N+](=O)[O-]. The van der Waals surface area contributed by atoms with Crippen molar-refractivity contribution >= 4 is 39.3 Å². The van der Waals surface area contributed by atoms with E-state index in [4.69, 9.17) is 4.74 Å². The van der Waals surface area contributed by atoms with Crippen LogP contribution in [0.25, 0.3) is 6.08 Å². The van der Waals surface area contributed by atoms with Gasteiger partial charge in [-0.1, -0.05) is 28.9 Å². The van der Waals surface area contributed by atoms with Crippen molar-refractivity contribution in [3.05, 3.63) is 68.2 Å². The van der Waals surface area contributed by atoms with Gasteiger partial charge in [0.1, 0.15) is 0 Å². The van der Waals surface area contributed by atoms with E-state index in [-0.39, 0.29) is 17.3 Å². The molecule has 0 saturated heterocycles. The van der Waals surface area contributed by atoms with Crippen molar-refractivity contribution in [2.45, 2.75) is 20.3 Å². The summed E-state index contributed by atoms with van der Waals surface area (Å²) in [5.74, 6) is -0.0931. The van der Waals surface area contributed by atoms with Crippen LogP contribution in [0.15, 0.2) is 46.9 Å². The van der Waals surface area contributed by atoms with Gasteiger partial charge in [-0.3, -0.25) is 14.9 Å². The summed E-state index contributed by atoms with van der Waals surface area (Å²) in [4.78, 5) is 22.7. The Morgan fingerprint density at radius 3 is 2.73 bits per heavy atom. The lowest BCUT2D eigenvalue weighted by atomic mass is 10.1. The Morgan fingerprint density at radius 1 is 1.31 bits per heavy atom.